The molecule has 1 aliphatic heterocycles. The van der Waals surface area contributed by atoms with Crippen molar-refractivity contribution in [3.8, 4) is 0 Å². The van der Waals surface area contributed by atoms with Crippen LogP contribution in [0, 0.1) is 0 Å². The maximum atomic E-state index is 12.7. The predicted molar refractivity (Wildman–Crippen MR) is 111 cm³/mol. The van der Waals surface area contributed by atoms with E-state index in [2.05, 4.69) is 5.32 Å². The van der Waals surface area contributed by atoms with Gasteiger partial charge in [0.1, 0.15) is 0 Å². The molecule has 0 spiro atoms. The molecule has 1 fully saturated rings. The molecule has 0 saturated carbocycles. The van der Waals surface area contributed by atoms with Gasteiger partial charge in [-0.15, -0.1) is 11.8 Å². The van der Waals surface area contributed by atoms with Crippen molar-refractivity contribution < 1.29 is 13.2 Å². The Morgan fingerprint density at radius 3 is 2.33 bits per heavy atom. The van der Waals surface area contributed by atoms with Crippen molar-refractivity contribution in [3.05, 3.63) is 24.3 Å². The number of benzene rings is 1. The number of nitrogens with one attached hydrogen (secondary N) is 1. The zero-order valence-corrected chi connectivity index (χ0v) is 18.1. The number of thioether (sulfide) groups is 1. The average molecular weight is 415 g/mol. The first kappa shape index (κ1) is 22.2. The summed E-state index contributed by atoms with van der Waals surface area (Å²) in [7, 11) is -3.41. The zero-order chi connectivity index (χ0) is 20.0. The normalized spacial score (nSPS) is 17.8. The second-order valence-electron chi connectivity index (χ2n) is 6.39. The molecule has 0 bridgehead atoms. The summed E-state index contributed by atoms with van der Waals surface area (Å²) in [6.45, 7) is 8.37. The lowest BCUT2D eigenvalue weighted by atomic mass is 10.2. The number of piperazine rings is 1. The highest BCUT2D eigenvalue weighted by Gasteiger charge is 2.33. The van der Waals surface area contributed by atoms with Gasteiger partial charge in [-0.2, -0.15) is 17.0 Å². The Hall–Kier alpha value is -1.13. The summed E-state index contributed by atoms with van der Waals surface area (Å²) in [5.41, 5.74) is 0.810. The highest BCUT2D eigenvalue weighted by atomic mass is 32.2. The molecule has 0 aromatic heterocycles. The SMILES string of the molecule is CCN(CC)S(=O)(=O)N1CCN([C@H](C)C(=O)Nc2ccccc2SC)CC1. The maximum absolute atomic E-state index is 12.7. The molecular formula is C18H30N4O3S2. The summed E-state index contributed by atoms with van der Waals surface area (Å²) < 4.78 is 28.2. The molecule has 1 heterocycles. The summed E-state index contributed by atoms with van der Waals surface area (Å²) in [5, 5.41) is 2.99. The minimum atomic E-state index is -3.41. The molecule has 1 N–H and O–H groups in total. The van der Waals surface area contributed by atoms with Crippen molar-refractivity contribution in [2.24, 2.45) is 0 Å². The topological polar surface area (TPSA) is 73.0 Å². The first-order valence-corrected chi connectivity index (χ1v) is 11.9. The molecular weight excluding hydrogens is 384 g/mol. The van der Waals surface area contributed by atoms with Gasteiger partial charge in [-0.05, 0) is 25.3 Å². The fraction of sp³-hybridized carbons (Fsp3) is 0.611. The zero-order valence-electron chi connectivity index (χ0n) is 16.5. The van der Waals surface area contributed by atoms with Gasteiger partial charge in [0.2, 0.25) is 5.91 Å². The number of para-hydroxylation sites is 1. The van der Waals surface area contributed by atoms with E-state index in [0.29, 0.717) is 39.3 Å². The third-order valence-corrected chi connectivity index (χ3v) is 7.91. The average Bonchev–Trinajstić information content (AvgIpc) is 2.68. The Kier molecular flexibility index (Phi) is 8.11. The first-order chi connectivity index (χ1) is 12.8. The van der Waals surface area contributed by atoms with Crippen LogP contribution in [0.3, 0.4) is 0 Å². The number of hydrogen-bond donors (Lipinski definition) is 1. The molecule has 0 aliphatic carbocycles. The van der Waals surface area contributed by atoms with Gasteiger partial charge in [-0.1, -0.05) is 26.0 Å². The number of carbonyl (C=O) groups is 1. The van der Waals surface area contributed by atoms with Crippen LogP contribution in [-0.4, -0.2) is 79.4 Å². The monoisotopic (exact) mass is 414 g/mol. The summed E-state index contributed by atoms with van der Waals surface area (Å²) >= 11 is 1.59. The van der Waals surface area contributed by atoms with Gasteiger partial charge in [0, 0.05) is 44.2 Å². The third-order valence-electron chi connectivity index (χ3n) is 4.92. The smallest absolute Gasteiger partial charge is 0.282 e. The molecule has 2 rings (SSSR count). The minimum absolute atomic E-state index is 0.0726. The predicted octanol–water partition coefficient (Wildman–Crippen LogP) is 1.94. The van der Waals surface area contributed by atoms with Crippen LogP contribution in [0.4, 0.5) is 5.69 Å². The number of amides is 1. The van der Waals surface area contributed by atoms with Crippen LogP contribution in [0.15, 0.2) is 29.2 Å². The quantitative estimate of drug-likeness (QED) is 0.658. The van der Waals surface area contributed by atoms with Crippen LogP contribution < -0.4 is 5.32 Å². The van der Waals surface area contributed by atoms with Gasteiger partial charge in [0.25, 0.3) is 10.2 Å². The van der Waals surface area contributed by atoms with E-state index in [1.165, 1.54) is 8.61 Å². The second kappa shape index (κ2) is 9.88. The Balaban J connectivity index is 1.96. The molecule has 0 unspecified atom stereocenters. The highest BCUT2D eigenvalue weighted by molar-refractivity contribution is 7.98. The van der Waals surface area contributed by atoms with E-state index in [-0.39, 0.29) is 11.9 Å². The fourth-order valence-corrected chi connectivity index (χ4v) is 5.34. The summed E-state index contributed by atoms with van der Waals surface area (Å²) in [5.74, 6) is -0.0726. The van der Waals surface area contributed by atoms with E-state index in [1.54, 1.807) is 11.8 Å². The Morgan fingerprint density at radius 1 is 1.19 bits per heavy atom. The van der Waals surface area contributed by atoms with E-state index >= 15 is 0 Å². The van der Waals surface area contributed by atoms with Gasteiger partial charge in [0.05, 0.1) is 11.7 Å². The third kappa shape index (κ3) is 5.23. The molecule has 1 aliphatic rings. The Bertz CT molecular complexity index is 730. The standard InChI is InChI=1S/C18H30N4O3S2/c1-5-21(6-2)27(24,25)22-13-11-20(12-14-22)15(3)18(23)19-16-9-7-8-10-17(16)26-4/h7-10,15H,5-6,11-14H2,1-4H3,(H,19,23)/t15-/m1/s1. The molecule has 1 aromatic carbocycles. The number of nitrogens with zero attached hydrogens (tertiary/aromatic N) is 3. The molecule has 1 atom stereocenters. The molecule has 27 heavy (non-hydrogen) atoms. The fourth-order valence-electron chi connectivity index (χ4n) is 3.19. The number of hydrogen-bond acceptors (Lipinski definition) is 5. The van der Waals surface area contributed by atoms with Crippen LogP contribution in [0.1, 0.15) is 20.8 Å². The van der Waals surface area contributed by atoms with Crippen LogP contribution >= 0.6 is 11.8 Å². The van der Waals surface area contributed by atoms with Crippen molar-refractivity contribution in [2.45, 2.75) is 31.7 Å². The Labute approximate surface area is 167 Å². The van der Waals surface area contributed by atoms with Gasteiger partial charge in [0.15, 0.2) is 0 Å². The lowest BCUT2D eigenvalue weighted by Crippen LogP contribution is -2.56. The van der Waals surface area contributed by atoms with Crippen molar-refractivity contribution in [3.63, 3.8) is 0 Å². The van der Waals surface area contributed by atoms with E-state index in [4.69, 9.17) is 0 Å². The van der Waals surface area contributed by atoms with Gasteiger partial charge >= 0.3 is 0 Å². The van der Waals surface area contributed by atoms with Gasteiger partial charge in [-0.3, -0.25) is 9.69 Å². The molecule has 1 saturated heterocycles. The van der Waals surface area contributed by atoms with Crippen LogP contribution in [0.5, 0.6) is 0 Å². The van der Waals surface area contributed by atoms with Crippen molar-refractivity contribution >= 4 is 33.6 Å². The molecule has 1 aromatic rings. The summed E-state index contributed by atoms with van der Waals surface area (Å²) in [4.78, 5) is 15.7. The van der Waals surface area contributed by atoms with Crippen molar-refractivity contribution in [2.75, 3.05) is 50.8 Å². The minimum Gasteiger partial charge on any atom is -0.324 e. The van der Waals surface area contributed by atoms with Crippen LogP contribution in [0.25, 0.3) is 0 Å². The van der Waals surface area contributed by atoms with E-state index < -0.39 is 10.2 Å². The maximum Gasteiger partial charge on any atom is 0.282 e. The van der Waals surface area contributed by atoms with Crippen molar-refractivity contribution in [1.29, 1.82) is 0 Å². The molecule has 7 nitrogen and oxygen atoms in total. The lowest BCUT2D eigenvalue weighted by molar-refractivity contribution is -0.121. The molecule has 0 radical (unpaired) electrons. The van der Waals surface area contributed by atoms with Crippen molar-refractivity contribution in [1.82, 2.24) is 13.5 Å². The van der Waals surface area contributed by atoms with E-state index in [9.17, 15) is 13.2 Å². The highest BCUT2D eigenvalue weighted by Crippen LogP contribution is 2.25. The van der Waals surface area contributed by atoms with E-state index in [0.717, 1.165) is 10.6 Å². The van der Waals surface area contributed by atoms with Crippen LogP contribution in [-0.2, 0) is 15.0 Å². The number of rotatable bonds is 8. The molecule has 1 amide bonds. The lowest BCUT2D eigenvalue weighted by Gasteiger charge is -2.38. The molecule has 9 heteroatoms. The van der Waals surface area contributed by atoms with Gasteiger partial charge in [-0.25, -0.2) is 0 Å². The summed E-state index contributed by atoms with van der Waals surface area (Å²) in [6.07, 6.45) is 1.98. The van der Waals surface area contributed by atoms with Crippen LogP contribution in [0.2, 0.25) is 0 Å². The second-order valence-corrected chi connectivity index (χ2v) is 9.17. The van der Waals surface area contributed by atoms with E-state index in [1.807, 2.05) is 56.2 Å². The van der Waals surface area contributed by atoms with Gasteiger partial charge < -0.3 is 5.32 Å². The molecule has 152 valence electrons. The number of carbonyl (C=O) groups excluding carboxylic acids is 1. The largest absolute Gasteiger partial charge is 0.324 e. The first-order valence-electron chi connectivity index (χ1n) is 9.28. The summed E-state index contributed by atoms with van der Waals surface area (Å²) in [6, 6.07) is 7.39. The number of anilines is 1. The Morgan fingerprint density at radius 2 is 1.78 bits per heavy atom.